The Labute approximate surface area is 105 Å². The van der Waals surface area contributed by atoms with Crippen LogP contribution in [0.15, 0.2) is 0 Å². The molecule has 100 valence electrons. The van der Waals surface area contributed by atoms with Crippen molar-refractivity contribution in [3.8, 4) is 0 Å². The molecule has 0 bridgehead atoms. The fraction of sp³-hybridized carbons (Fsp3) is 0.923. The lowest BCUT2D eigenvalue weighted by atomic mass is 9.90. The number of hydrogen-bond donors (Lipinski definition) is 1. The maximum absolute atomic E-state index is 11.2. The minimum atomic E-state index is -0.148. The van der Waals surface area contributed by atoms with Gasteiger partial charge in [0.25, 0.3) is 0 Å². The molecule has 4 nitrogen and oxygen atoms in total. The summed E-state index contributed by atoms with van der Waals surface area (Å²) in [5, 5.41) is 3.28. The van der Waals surface area contributed by atoms with E-state index >= 15 is 0 Å². The average molecular weight is 242 g/mol. The summed E-state index contributed by atoms with van der Waals surface area (Å²) in [5.74, 6) is 0.539. The molecule has 0 spiro atoms. The van der Waals surface area contributed by atoms with Crippen molar-refractivity contribution in [3.63, 3.8) is 0 Å². The smallest absolute Gasteiger partial charge is 0.319 e. The van der Waals surface area contributed by atoms with E-state index in [1.54, 1.807) is 0 Å². The molecule has 1 unspecified atom stereocenters. The molecule has 1 N–H and O–H groups in total. The van der Waals surface area contributed by atoms with Crippen LogP contribution in [0.5, 0.6) is 0 Å². The van der Waals surface area contributed by atoms with Gasteiger partial charge in [-0.25, -0.2) is 0 Å². The second kappa shape index (κ2) is 7.67. The number of hydrogen-bond acceptors (Lipinski definition) is 4. The minimum absolute atomic E-state index is 0.148. The summed E-state index contributed by atoms with van der Waals surface area (Å²) >= 11 is 0. The Morgan fingerprint density at radius 2 is 2.06 bits per heavy atom. The van der Waals surface area contributed by atoms with E-state index in [4.69, 9.17) is 4.74 Å². The van der Waals surface area contributed by atoms with Gasteiger partial charge >= 0.3 is 5.97 Å². The van der Waals surface area contributed by atoms with E-state index in [9.17, 15) is 4.79 Å². The molecule has 0 amide bonds. The molecule has 1 fully saturated rings. The van der Waals surface area contributed by atoms with Gasteiger partial charge in [-0.15, -0.1) is 0 Å². The van der Waals surface area contributed by atoms with Gasteiger partial charge < -0.3 is 15.0 Å². The highest BCUT2D eigenvalue weighted by atomic mass is 16.5. The Balaban J connectivity index is 2.20. The number of piperidine rings is 1. The quantitative estimate of drug-likeness (QED) is 0.712. The minimum Gasteiger partial charge on any atom is -0.465 e. The van der Waals surface area contributed by atoms with Gasteiger partial charge in [-0.1, -0.05) is 6.92 Å². The van der Waals surface area contributed by atoms with Crippen LogP contribution in [0, 0.1) is 5.92 Å². The third-order valence-electron chi connectivity index (χ3n) is 3.66. The average Bonchev–Trinajstić information content (AvgIpc) is 2.36. The molecule has 1 rings (SSSR count). The number of carbonyl (C=O) groups excluding carboxylic acids is 1. The monoisotopic (exact) mass is 242 g/mol. The molecule has 0 radical (unpaired) electrons. The number of nitrogens with one attached hydrogen (secondary N) is 1. The van der Waals surface area contributed by atoms with Gasteiger partial charge in [-0.05, 0) is 52.2 Å². The van der Waals surface area contributed by atoms with Gasteiger partial charge in [-0.2, -0.15) is 0 Å². The molecular formula is C13H26N2O2. The fourth-order valence-corrected chi connectivity index (χ4v) is 2.39. The third kappa shape index (κ3) is 5.04. The van der Waals surface area contributed by atoms with Gasteiger partial charge in [0.15, 0.2) is 0 Å². The maximum Gasteiger partial charge on any atom is 0.319 e. The number of esters is 1. The Kier molecular flexibility index (Phi) is 6.52. The Bertz CT molecular complexity index is 225. The fourth-order valence-electron chi connectivity index (χ4n) is 2.39. The van der Waals surface area contributed by atoms with Gasteiger partial charge in [0.2, 0.25) is 0 Å². The van der Waals surface area contributed by atoms with E-state index in [0.29, 0.717) is 25.1 Å². The topological polar surface area (TPSA) is 41.6 Å². The molecular weight excluding hydrogens is 216 g/mol. The van der Waals surface area contributed by atoms with E-state index in [1.807, 2.05) is 6.92 Å². The first-order valence-corrected chi connectivity index (χ1v) is 6.78. The predicted octanol–water partition coefficient (Wildman–Crippen LogP) is 1.26. The first-order valence-electron chi connectivity index (χ1n) is 6.78. The molecule has 0 aromatic heterocycles. The van der Waals surface area contributed by atoms with Crippen LogP contribution in [0.25, 0.3) is 0 Å². The Hall–Kier alpha value is -0.610. The molecule has 1 aliphatic heterocycles. The van der Waals surface area contributed by atoms with Crippen LogP contribution < -0.4 is 5.32 Å². The van der Waals surface area contributed by atoms with E-state index in [1.165, 1.54) is 25.9 Å². The van der Waals surface area contributed by atoms with Crippen LogP contribution in [-0.2, 0) is 9.53 Å². The molecule has 1 saturated heterocycles. The number of carbonyl (C=O) groups is 1. The maximum atomic E-state index is 11.2. The Morgan fingerprint density at radius 1 is 1.41 bits per heavy atom. The van der Waals surface area contributed by atoms with Crippen LogP contribution in [-0.4, -0.2) is 49.7 Å². The van der Waals surface area contributed by atoms with Crippen LogP contribution in [0.2, 0.25) is 0 Å². The van der Waals surface area contributed by atoms with Gasteiger partial charge in [-0.3, -0.25) is 4.79 Å². The summed E-state index contributed by atoms with van der Waals surface area (Å²) in [6.07, 6.45) is 2.45. The van der Waals surface area contributed by atoms with Gasteiger partial charge in [0, 0.05) is 6.04 Å². The first kappa shape index (κ1) is 14.5. The summed E-state index contributed by atoms with van der Waals surface area (Å²) in [5.41, 5.74) is 0. The lowest BCUT2D eigenvalue weighted by molar-refractivity contribution is -0.142. The molecule has 0 aromatic rings. The predicted molar refractivity (Wildman–Crippen MR) is 68.9 cm³/mol. The normalized spacial score (nSPS) is 20.2. The van der Waals surface area contributed by atoms with Crippen molar-refractivity contribution in [1.82, 2.24) is 10.2 Å². The lowest BCUT2D eigenvalue weighted by Gasteiger charge is -2.34. The zero-order valence-electron chi connectivity index (χ0n) is 11.4. The summed E-state index contributed by atoms with van der Waals surface area (Å²) < 4.78 is 4.90. The van der Waals surface area contributed by atoms with Crippen molar-refractivity contribution < 1.29 is 9.53 Å². The molecule has 0 aliphatic carbocycles. The molecule has 1 aliphatic rings. The number of nitrogens with zero attached hydrogens (tertiary/aromatic N) is 1. The molecule has 17 heavy (non-hydrogen) atoms. The lowest BCUT2D eigenvalue weighted by Crippen LogP contribution is -2.43. The van der Waals surface area contributed by atoms with Crippen LogP contribution in [0.3, 0.4) is 0 Å². The first-order chi connectivity index (χ1) is 8.17. The highest BCUT2D eigenvalue weighted by Gasteiger charge is 2.23. The van der Waals surface area contributed by atoms with Crippen molar-refractivity contribution in [2.45, 2.75) is 39.7 Å². The highest BCUT2D eigenvalue weighted by molar-refractivity contribution is 5.71. The van der Waals surface area contributed by atoms with E-state index in [2.05, 4.69) is 24.1 Å². The summed E-state index contributed by atoms with van der Waals surface area (Å²) in [4.78, 5) is 13.7. The zero-order chi connectivity index (χ0) is 12.7. The zero-order valence-corrected chi connectivity index (χ0v) is 11.4. The SMILES string of the molecule is CCOC(=O)CNC(C)C1CCN(CC)CC1. The second-order valence-corrected chi connectivity index (χ2v) is 4.75. The largest absolute Gasteiger partial charge is 0.465 e. The standard InChI is InChI=1S/C13H26N2O2/c1-4-15-8-6-12(7-9-15)11(3)14-10-13(16)17-5-2/h11-12,14H,4-10H2,1-3H3. The number of rotatable bonds is 6. The molecule has 1 atom stereocenters. The summed E-state index contributed by atoms with van der Waals surface area (Å²) in [7, 11) is 0. The molecule has 1 heterocycles. The molecule has 0 saturated carbocycles. The summed E-state index contributed by atoms with van der Waals surface area (Å²) in [6.45, 7) is 10.5. The number of likely N-dealkylation sites (tertiary alicyclic amines) is 1. The molecule has 0 aromatic carbocycles. The van der Waals surface area contributed by atoms with E-state index < -0.39 is 0 Å². The van der Waals surface area contributed by atoms with Crippen LogP contribution >= 0.6 is 0 Å². The highest BCUT2D eigenvalue weighted by Crippen LogP contribution is 2.20. The Morgan fingerprint density at radius 3 is 2.59 bits per heavy atom. The van der Waals surface area contributed by atoms with Crippen LogP contribution in [0.4, 0.5) is 0 Å². The van der Waals surface area contributed by atoms with Crippen molar-refractivity contribution >= 4 is 5.97 Å². The van der Waals surface area contributed by atoms with E-state index in [-0.39, 0.29) is 5.97 Å². The second-order valence-electron chi connectivity index (χ2n) is 4.75. The van der Waals surface area contributed by atoms with Gasteiger partial charge in [0.1, 0.15) is 0 Å². The van der Waals surface area contributed by atoms with E-state index in [0.717, 1.165) is 6.54 Å². The van der Waals surface area contributed by atoms with Crippen molar-refractivity contribution in [2.75, 3.05) is 32.8 Å². The van der Waals surface area contributed by atoms with Crippen molar-refractivity contribution in [3.05, 3.63) is 0 Å². The van der Waals surface area contributed by atoms with Crippen molar-refractivity contribution in [1.29, 1.82) is 0 Å². The third-order valence-corrected chi connectivity index (χ3v) is 3.66. The number of ether oxygens (including phenoxy) is 1. The van der Waals surface area contributed by atoms with Crippen molar-refractivity contribution in [2.24, 2.45) is 5.92 Å². The molecule has 4 heteroatoms. The van der Waals surface area contributed by atoms with Crippen LogP contribution in [0.1, 0.15) is 33.6 Å². The summed E-state index contributed by atoms with van der Waals surface area (Å²) in [6, 6.07) is 0.401. The van der Waals surface area contributed by atoms with Gasteiger partial charge in [0.05, 0.1) is 13.2 Å².